The molecule has 0 aromatic heterocycles. The van der Waals surface area contributed by atoms with Crippen LogP contribution in [0.15, 0.2) is 18.2 Å². The molecule has 4 nitrogen and oxygen atoms in total. The van der Waals surface area contributed by atoms with E-state index in [2.05, 4.69) is 5.32 Å². The molecule has 1 aromatic rings. The summed E-state index contributed by atoms with van der Waals surface area (Å²) in [6.07, 6.45) is 2.66. The van der Waals surface area contributed by atoms with Gasteiger partial charge in [-0.2, -0.15) is 0 Å². The van der Waals surface area contributed by atoms with E-state index in [9.17, 15) is 4.79 Å². The summed E-state index contributed by atoms with van der Waals surface area (Å²) in [6.45, 7) is 4.42. The number of carbonyl (C=O) groups is 1. The second kappa shape index (κ2) is 6.06. The molecule has 2 N–H and O–H groups in total. The molecule has 0 heterocycles. The maximum atomic E-state index is 11.1. The van der Waals surface area contributed by atoms with Crippen LogP contribution < -0.4 is 10.1 Å². The number of hydrogen-bond acceptors (Lipinski definition) is 3. The highest BCUT2D eigenvalue weighted by Crippen LogP contribution is 2.21. The number of carboxylic acid groups (broad SMARTS) is 1. The Kier molecular flexibility index (Phi) is 4.43. The van der Waals surface area contributed by atoms with Crippen molar-refractivity contribution in [2.75, 3.05) is 6.61 Å². The van der Waals surface area contributed by atoms with Gasteiger partial charge < -0.3 is 15.2 Å². The zero-order valence-corrected chi connectivity index (χ0v) is 11.5. The number of benzene rings is 1. The lowest BCUT2D eigenvalue weighted by Gasteiger charge is -2.15. The molecule has 1 atom stereocenters. The molecule has 1 aliphatic rings. The molecule has 19 heavy (non-hydrogen) atoms. The second-order valence-electron chi connectivity index (χ2n) is 5.24. The zero-order chi connectivity index (χ0) is 13.8. The van der Waals surface area contributed by atoms with Crippen molar-refractivity contribution in [2.45, 2.75) is 45.2 Å². The highest BCUT2D eigenvalue weighted by Gasteiger charge is 2.27. The maximum absolute atomic E-state index is 11.1. The van der Waals surface area contributed by atoms with E-state index in [-0.39, 0.29) is 0 Å². The average Bonchev–Trinajstić information content (AvgIpc) is 3.16. The normalized spacial score (nSPS) is 16.1. The number of aryl methyl sites for hydroxylation is 2. The number of carboxylic acids is 1. The van der Waals surface area contributed by atoms with Gasteiger partial charge in [-0.15, -0.1) is 0 Å². The molecule has 0 bridgehead atoms. The van der Waals surface area contributed by atoms with Crippen molar-refractivity contribution in [3.05, 3.63) is 29.3 Å². The summed E-state index contributed by atoms with van der Waals surface area (Å²) in [4.78, 5) is 11.1. The minimum absolute atomic E-state index is 0.391. The van der Waals surface area contributed by atoms with Gasteiger partial charge in [0.1, 0.15) is 11.8 Å². The van der Waals surface area contributed by atoms with Gasteiger partial charge in [0.2, 0.25) is 0 Å². The van der Waals surface area contributed by atoms with Crippen LogP contribution >= 0.6 is 0 Å². The van der Waals surface area contributed by atoms with Crippen molar-refractivity contribution in [1.29, 1.82) is 0 Å². The van der Waals surface area contributed by atoms with Gasteiger partial charge in [0.05, 0.1) is 6.61 Å². The molecule has 0 saturated heterocycles. The third-order valence-corrected chi connectivity index (χ3v) is 3.32. The van der Waals surface area contributed by atoms with Gasteiger partial charge in [-0.1, -0.05) is 12.1 Å². The average molecular weight is 263 g/mol. The molecule has 1 fully saturated rings. The highest BCUT2D eigenvalue weighted by atomic mass is 16.5. The summed E-state index contributed by atoms with van der Waals surface area (Å²) in [5.74, 6) is 0.0482. The van der Waals surface area contributed by atoms with Crippen LogP contribution in [0.4, 0.5) is 0 Å². The van der Waals surface area contributed by atoms with Gasteiger partial charge in [-0.25, -0.2) is 0 Å². The van der Waals surface area contributed by atoms with E-state index < -0.39 is 12.0 Å². The number of ether oxygens (including phenoxy) is 1. The van der Waals surface area contributed by atoms with Gasteiger partial charge in [0.25, 0.3) is 0 Å². The summed E-state index contributed by atoms with van der Waals surface area (Å²) in [5, 5.41) is 12.3. The summed E-state index contributed by atoms with van der Waals surface area (Å²) >= 11 is 0. The SMILES string of the molecule is Cc1ccc(C)c(OCCC(NC2CC2)C(=O)O)c1. The first-order valence-corrected chi connectivity index (χ1v) is 6.75. The fraction of sp³-hybridized carbons (Fsp3) is 0.533. The molecule has 1 aromatic carbocycles. The van der Waals surface area contributed by atoms with E-state index in [0.717, 1.165) is 29.7 Å². The second-order valence-corrected chi connectivity index (χ2v) is 5.24. The molecular weight excluding hydrogens is 242 g/mol. The minimum Gasteiger partial charge on any atom is -0.493 e. The van der Waals surface area contributed by atoms with Crippen molar-refractivity contribution >= 4 is 5.97 Å². The van der Waals surface area contributed by atoms with Crippen LogP contribution in [-0.2, 0) is 4.79 Å². The highest BCUT2D eigenvalue weighted by molar-refractivity contribution is 5.73. The Balaban J connectivity index is 1.83. The van der Waals surface area contributed by atoms with Crippen molar-refractivity contribution in [1.82, 2.24) is 5.32 Å². The predicted octanol–water partition coefficient (Wildman–Crippen LogP) is 2.28. The number of aliphatic carboxylic acids is 1. The molecule has 0 aliphatic heterocycles. The molecule has 0 radical (unpaired) electrons. The molecular formula is C15H21NO3. The molecule has 2 rings (SSSR count). The monoisotopic (exact) mass is 263 g/mol. The lowest BCUT2D eigenvalue weighted by atomic mass is 10.1. The van der Waals surface area contributed by atoms with Crippen LogP contribution in [0.3, 0.4) is 0 Å². The van der Waals surface area contributed by atoms with Crippen molar-refractivity contribution in [2.24, 2.45) is 0 Å². The topological polar surface area (TPSA) is 58.6 Å². The molecule has 4 heteroatoms. The third-order valence-electron chi connectivity index (χ3n) is 3.32. The Bertz CT molecular complexity index is 455. The molecule has 1 aliphatic carbocycles. The fourth-order valence-electron chi connectivity index (χ4n) is 1.96. The molecule has 1 saturated carbocycles. The third kappa shape index (κ3) is 4.24. The summed E-state index contributed by atoms with van der Waals surface area (Å²) in [7, 11) is 0. The lowest BCUT2D eigenvalue weighted by Crippen LogP contribution is -2.39. The molecule has 1 unspecified atom stereocenters. The first kappa shape index (κ1) is 13.9. The van der Waals surface area contributed by atoms with E-state index in [1.165, 1.54) is 0 Å². The molecule has 104 valence electrons. The quantitative estimate of drug-likeness (QED) is 0.792. The predicted molar refractivity (Wildman–Crippen MR) is 73.6 cm³/mol. The first-order valence-electron chi connectivity index (χ1n) is 6.75. The summed E-state index contributed by atoms with van der Waals surface area (Å²) in [6, 6.07) is 5.93. The minimum atomic E-state index is -0.795. The van der Waals surface area contributed by atoms with E-state index in [1.54, 1.807) is 0 Å². The molecule has 0 amide bonds. The largest absolute Gasteiger partial charge is 0.493 e. The fourth-order valence-corrected chi connectivity index (χ4v) is 1.96. The Morgan fingerprint density at radius 1 is 1.47 bits per heavy atom. The van der Waals surface area contributed by atoms with Crippen LogP contribution in [0.2, 0.25) is 0 Å². The van der Waals surface area contributed by atoms with Gasteiger partial charge in [0.15, 0.2) is 0 Å². The van der Waals surface area contributed by atoms with E-state index in [1.807, 2.05) is 32.0 Å². The summed E-state index contributed by atoms with van der Waals surface area (Å²) in [5.41, 5.74) is 2.22. The number of nitrogens with one attached hydrogen (secondary N) is 1. The maximum Gasteiger partial charge on any atom is 0.320 e. The van der Waals surface area contributed by atoms with E-state index >= 15 is 0 Å². The van der Waals surface area contributed by atoms with Crippen molar-refractivity contribution < 1.29 is 14.6 Å². The smallest absolute Gasteiger partial charge is 0.320 e. The van der Waals surface area contributed by atoms with Gasteiger partial charge in [0, 0.05) is 12.5 Å². The number of rotatable bonds is 7. The Hall–Kier alpha value is -1.55. The van der Waals surface area contributed by atoms with Crippen LogP contribution in [-0.4, -0.2) is 29.8 Å². The van der Waals surface area contributed by atoms with Crippen molar-refractivity contribution in [3.63, 3.8) is 0 Å². The zero-order valence-electron chi connectivity index (χ0n) is 11.5. The standard InChI is InChI=1S/C15H21NO3/c1-10-3-4-11(2)14(9-10)19-8-7-13(15(17)18)16-12-5-6-12/h3-4,9,12-13,16H,5-8H2,1-2H3,(H,17,18). The molecule has 0 spiro atoms. The van der Waals surface area contributed by atoms with Gasteiger partial charge in [-0.3, -0.25) is 4.79 Å². The summed E-state index contributed by atoms with van der Waals surface area (Å²) < 4.78 is 5.70. The van der Waals surface area contributed by atoms with E-state index in [0.29, 0.717) is 19.1 Å². The van der Waals surface area contributed by atoms with Crippen LogP contribution in [0.25, 0.3) is 0 Å². The number of hydrogen-bond donors (Lipinski definition) is 2. The van der Waals surface area contributed by atoms with Gasteiger partial charge >= 0.3 is 5.97 Å². The Morgan fingerprint density at radius 3 is 2.84 bits per heavy atom. The Labute approximate surface area is 113 Å². The first-order chi connectivity index (χ1) is 9.06. The van der Waals surface area contributed by atoms with Crippen molar-refractivity contribution in [3.8, 4) is 5.75 Å². The van der Waals surface area contributed by atoms with Gasteiger partial charge in [-0.05, 0) is 43.9 Å². The Morgan fingerprint density at radius 2 is 2.21 bits per heavy atom. The van der Waals surface area contributed by atoms with Crippen LogP contribution in [0.1, 0.15) is 30.4 Å². The van der Waals surface area contributed by atoms with E-state index in [4.69, 9.17) is 9.84 Å². The van der Waals surface area contributed by atoms with Crippen LogP contribution in [0.5, 0.6) is 5.75 Å². The van der Waals surface area contributed by atoms with Crippen LogP contribution in [0, 0.1) is 13.8 Å². The lowest BCUT2D eigenvalue weighted by molar-refractivity contribution is -0.139.